The molecule has 8 rings (SSSR count). The van der Waals surface area contributed by atoms with Gasteiger partial charge in [-0.3, -0.25) is 4.90 Å². The van der Waals surface area contributed by atoms with Crippen LogP contribution in [0.25, 0.3) is 11.1 Å². The second-order valence-corrected chi connectivity index (χ2v) is 11.9. The maximum atomic E-state index is 13.2. The fourth-order valence-electron chi connectivity index (χ4n) is 9.65. The Morgan fingerprint density at radius 3 is 1.88 bits per heavy atom. The summed E-state index contributed by atoms with van der Waals surface area (Å²) in [6.45, 7) is 2.36. The number of hydrogen-bond donors (Lipinski definition) is 1. The van der Waals surface area contributed by atoms with Crippen molar-refractivity contribution in [3.63, 3.8) is 0 Å². The van der Waals surface area contributed by atoms with E-state index >= 15 is 0 Å². The topological polar surface area (TPSA) is 23.5 Å². The zero-order valence-electron chi connectivity index (χ0n) is 19.3. The molecule has 2 saturated heterocycles. The third-order valence-electron chi connectivity index (χ3n) is 10.5. The Kier molecular flexibility index (Phi) is 4.44. The fraction of sp³-hybridized carbons (Fsp3) is 0.600. The molecule has 6 fully saturated rings. The summed E-state index contributed by atoms with van der Waals surface area (Å²) in [7, 11) is 0. The molecule has 0 spiro atoms. The summed E-state index contributed by atoms with van der Waals surface area (Å²) in [5, 5.41) is 13.2. The van der Waals surface area contributed by atoms with Crippen molar-refractivity contribution < 1.29 is 5.11 Å². The molecule has 0 aromatic heterocycles. The molecule has 2 aromatic carbocycles. The van der Waals surface area contributed by atoms with E-state index in [1.807, 2.05) is 0 Å². The van der Waals surface area contributed by atoms with Gasteiger partial charge >= 0.3 is 0 Å². The van der Waals surface area contributed by atoms with Crippen molar-refractivity contribution in [2.75, 3.05) is 13.1 Å². The fourth-order valence-corrected chi connectivity index (χ4v) is 9.65. The predicted octanol–water partition coefficient (Wildman–Crippen LogP) is 6.24. The van der Waals surface area contributed by atoms with Crippen LogP contribution in [0.4, 0.5) is 0 Å². The molecule has 2 heterocycles. The SMILES string of the molecule is OC(c1ccc(-c2ccccc2)cc1)(C1C2CC3CC(C2)CC1C3)C12CCCN1CCC2. The normalized spacial score (nSPS) is 36.8. The van der Waals surface area contributed by atoms with Crippen molar-refractivity contribution in [3.05, 3.63) is 60.2 Å². The van der Waals surface area contributed by atoms with Crippen LogP contribution in [-0.4, -0.2) is 28.6 Å². The third kappa shape index (κ3) is 2.66. The van der Waals surface area contributed by atoms with Crippen LogP contribution in [0.2, 0.25) is 0 Å². The molecule has 2 aromatic rings. The summed E-state index contributed by atoms with van der Waals surface area (Å²) >= 11 is 0. The van der Waals surface area contributed by atoms with Crippen LogP contribution in [0, 0.1) is 29.6 Å². The lowest BCUT2D eigenvalue weighted by Crippen LogP contribution is -2.65. The van der Waals surface area contributed by atoms with E-state index in [-0.39, 0.29) is 5.54 Å². The van der Waals surface area contributed by atoms with Crippen LogP contribution in [0.5, 0.6) is 0 Å². The van der Waals surface area contributed by atoms with Gasteiger partial charge in [-0.1, -0.05) is 54.6 Å². The lowest BCUT2D eigenvalue weighted by molar-refractivity contribution is -0.201. The van der Waals surface area contributed by atoms with Crippen molar-refractivity contribution in [1.29, 1.82) is 0 Å². The minimum absolute atomic E-state index is 0.0404. The van der Waals surface area contributed by atoms with Gasteiger partial charge in [0.25, 0.3) is 0 Å². The largest absolute Gasteiger partial charge is 0.383 e. The summed E-state index contributed by atoms with van der Waals surface area (Å²) in [6, 6.07) is 19.8. The molecule has 2 aliphatic heterocycles. The molecule has 4 saturated carbocycles. The first-order valence-electron chi connectivity index (χ1n) is 13.3. The molecule has 2 nitrogen and oxygen atoms in total. The summed E-state index contributed by atoms with van der Waals surface area (Å²) in [5.74, 6) is 3.78. The van der Waals surface area contributed by atoms with E-state index in [2.05, 4.69) is 59.5 Å². The van der Waals surface area contributed by atoms with Gasteiger partial charge in [0.2, 0.25) is 0 Å². The minimum Gasteiger partial charge on any atom is -0.383 e. The molecular formula is C30H37NO. The number of fused-ring (bicyclic) bond motifs is 1. The van der Waals surface area contributed by atoms with Crippen molar-refractivity contribution in [1.82, 2.24) is 4.90 Å². The van der Waals surface area contributed by atoms with Crippen molar-refractivity contribution in [2.24, 2.45) is 29.6 Å². The number of rotatable bonds is 4. The Bertz CT molecular complexity index is 944. The first-order valence-corrected chi connectivity index (χ1v) is 13.3. The summed E-state index contributed by atoms with van der Waals surface area (Å²) in [5.41, 5.74) is 2.98. The molecule has 2 heteroatoms. The smallest absolute Gasteiger partial charge is 0.111 e. The van der Waals surface area contributed by atoms with E-state index in [1.54, 1.807) is 0 Å². The molecule has 1 N–H and O–H groups in total. The maximum absolute atomic E-state index is 13.2. The van der Waals surface area contributed by atoms with Gasteiger partial charge in [-0.05, 0) is 117 Å². The van der Waals surface area contributed by atoms with Gasteiger partial charge in [-0.15, -0.1) is 0 Å². The molecule has 32 heavy (non-hydrogen) atoms. The Morgan fingerprint density at radius 2 is 1.28 bits per heavy atom. The number of aliphatic hydroxyl groups is 1. The first-order chi connectivity index (χ1) is 15.7. The standard InChI is InChI=1S/C30H37NO/c32-30(29-12-4-14-31(29)15-5-13-29,28-25-17-21-16-22(19-25)20-26(28)18-21)27-10-8-24(9-11-27)23-6-2-1-3-7-23/h1-3,6-11,21-22,25-26,28,32H,4-5,12-20H2. The van der Waals surface area contributed by atoms with E-state index < -0.39 is 5.60 Å². The lowest BCUT2D eigenvalue weighted by Gasteiger charge is -2.62. The summed E-state index contributed by atoms with van der Waals surface area (Å²) in [4.78, 5) is 2.71. The monoisotopic (exact) mass is 427 g/mol. The average Bonchev–Trinajstić information content (AvgIpc) is 3.41. The predicted molar refractivity (Wildman–Crippen MR) is 129 cm³/mol. The second kappa shape index (κ2) is 7.18. The highest BCUT2D eigenvalue weighted by Crippen LogP contribution is 2.65. The van der Waals surface area contributed by atoms with Gasteiger partial charge in [-0.25, -0.2) is 0 Å². The molecule has 168 valence electrons. The minimum atomic E-state index is -0.710. The molecule has 1 atom stereocenters. The summed E-state index contributed by atoms with van der Waals surface area (Å²) in [6.07, 6.45) is 11.8. The first kappa shape index (κ1) is 19.8. The third-order valence-corrected chi connectivity index (χ3v) is 10.5. The van der Waals surface area contributed by atoms with E-state index in [9.17, 15) is 5.11 Å². The van der Waals surface area contributed by atoms with Crippen molar-refractivity contribution >= 4 is 0 Å². The van der Waals surface area contributed by atoms with E-state index in [4.69, 9.17) is 0 Å². The van der Waals surface area contributed by atoms with Crippen molar-refractivity contribution in [2.45, 2.75) is 68.9 Å². The molecule has 4 aliphatic carbocycles. The van der Waals surface area contributed by atoms with Crippen LogP contribution < -0.4 is 0 Å². The van der Waals surface area contributed by atoms with Crippen LogP contribution >= 0.6 is 0 Å². The number of nitrogens with zero attached hydrogens (tertiary/aromatic N) is 1. The van der Waals surface area contributed by atoms with E-state index in [0.717, 1.165) is 23.7 Å². The highest BCUT2D eigenvalue weighted by molar-refractivity contribution is 5.63. The second-order valence-electron chi connectivity index (χ2n) is 11.9. The van der Waals surface area contributed by atoms with Crippen LogP contribution in [0.1, 0.15) is 63.4 Å². The molecule has 4 bridgehead atoms. The van der Waals surface area contributed by atoms with Crippen LogP contribution in [0.15, 0.2) is 54.6 Å². The molecular weight excluding hydrogens is 390 g/mol. The highest BCUT2D eigenvalue weighted by Gasteiger charge is 2.66. The zero-order valence-corrected chi connectivity index (χ0v) is 19.3. The van der Waals surface area contributed by atoms with E-state index in [0.29, 0.717) is 5.92 Å². The van der Waals surface area contributed by atoms with Gasteiger partial charge in [0.15, 0.2) is 0 Å². The Labute approximate surface area is 193 Å². The average molecular weight is 428 g/mol. The van der Waals surface area contributed by atoms with Gasteiger partial charge in [0.1, 0.15) is 5.60 Å². The zero-order chi connectivity index (χ0) is 21.3. The molecule has 0 amide bonds. The van der Waals surface area contributed by atoms with Crippen LogP contribution in [-0.2, 0) is 5.60 Å². The Hall–Kier alpha value is -1.64. The Morgan fingerprint density at radius 1 is 0.719 bits per heavy atom. The summed E-state index contributed by atoms with van der Waals surface area (Å²) < 4.78 is 0. The molecule has 6 aliphatic rings. The van der Waals surface area contributed by atoms with Crippen LogP contribution in [0.3, 0.4) is 0 Å². The number of hydrogen-bond acceptors (Lipinski definition) is 2. The van der Waals surface area contributed by atoms with Gasteiger partial charge < -0.3 is 5.11 Å². The number of benzene rings is 2. The Balaban J connectivity index is 1.35. The van der Waals surface area contributed by atoms with E-state index in [1.165, 1.54) is 87.6 Å². The molecule has 1 unspecified atom stereocenters. The quantitative estimate of drug-likeness (QED) is 0.624. The highest BCUT2D eigenvalue weighted by atomic mass is 16.3. The van der Waals surface area contributed by atoms with Gasteiger partial charge in [-0.2, -0.15) is 0 Å². The lowest BCUT2D eigenvalue weighted by atomic mass is 9.45. The maximum Gasteiger partial charge on any atom is 0.111 e. The van der Waals surface area contributed by atoms with Gasteiger partial charge in [0.05, 0.1) is 5.54 Å². The molecule has 0 radical (unpaired) electrons. The van der Waals surface area contributed by atoms with Crippen molar-refractivity contribution in [3.8, 4) is 11.1 Å². The van der Waals surface area contributed by atoms with Gasteiger partial charge in [0, 0.05) is 0 Å².